The SMILES string of the molecule is CC1=NN(c2ccc([N+](=O)[O-])cc2)C(=O)C1[N+](=O)[O-].Cc1cc(=O)n(C(C)C)n1C(C)C. The fourth-order valence-corrected chi connectivity index (χ4v) is 3.45. The van der Waals surface area contributed by atoms with Crippen molar-refractivity contribution >= 4 is 23.0 Å². The van der Waals surface area contributed by atoms with Gasteiger partial charge in [0.05, 0.1) is 10.6 Å². The molecule has 0 aliphatic carbocycles. The molecule has 12 nitrogen and oxygen atoms in total. The van der Waals surface area contributed by atoms with Crippen molar-refractivity contribution in [2.24, 2.45) is 5.10 Å². The molecule has 0 spiro atoms. The molecule has 2 aromatic rings. The average Bonchev–Trinajstić information content (AvgIpc) is 3.16. The molecule has 1 unspecified atom stereocenters. The lowest BCUT2D eigenvalue weighted by Crippen LogP contribution is -2.37. The van der Waals surface area contributed by atoms with Crippen LogP contribution in [-0.4, -0.2) is 36.9 Å². The molecule has 32 heavy (non-hydrogen) atoms. The Labute approximate surface area is 184 Å². The van der Waals surface area contributed by atoms with Crippen LogP contribution in [0, 0.1) is 27.2 Å². The molecule has 1 atom stereocenters. The highest BCUT2D eigenvalue weighted by Crippen LogP contribution is 2.24. The number of amides is 1. The molecule has 0 N–H and O–H groups in total. The maximum absolute atomic E-state index is 11.8. The zero-order valence-electron chi connectivity index (χ0n) is 18.8. The zero-order chi connectivity index (χ0) is 24.3. The van der Waals surface area contributed by atoms with Gasteiger partial charge in [-0.05, 0) is 53.7 Å². The molecule has 1 aromatic carbocycles. The summed E-state index contributed by atoms with van der Waals surface area (Å²) in [4.78, 5) is 43.3. The first kappa shape index (κ1) is 24.4. The Morgan fingerprint density at radius 2 is 1.47 bits per heavy atom. The Balaban J connectivity index is 0.000000244. The van der Waals surface area contributed by atoms with Crippen molar-refractivity contribution < 1.29 is 14.6 Å². The first-order chi connectivity index (χ1) is 14.9. The number of hydrogen-bond acceptors (Lipinski definition) is 7. The van der Waals surface area contributed by atoms with Gasteiger partial charge in [-0.15, -0.1) is 0 Å². The molecule has 0 saturated carbocycles. The summed E-state index contributed by atoms with van der Waals surface area (Å²) >= 11 is 0. The van der Waals surface area contributed by atoms with Crippen molar-refractivity contribution in [1.82, 2.24) is 9.36 Å². The first-order valence-electron chi connectivity index (χ1n) is 9.94. The smallest absolute Gasteiger partial charge is 0.284 e. The molecule has 1 aliphatic rings. The fraction of sp³-hybridized carbons (Fsp3) is 0.450. The lowest BCUT2D eigenvalue weighted by atomic mass is 10.2. The molecule has 0 saturated heterocycles. The summed E-state index contributed by atoms with van der Waals surface area (Å²) in [6.07, 6.45) is 0. The van der Waals surface area contributed by atoms with Crippen LogP contribution < -0.4 is 10.6 Å². The second-order valence-electron chi connectivity index (χ2n) is 7.85. The summed E-state index contributed by atoms with van der Waals surface area (Å²) in [6, 6.07) is 5.80. The van der Waals surface area contributed by atoms with Crippen LogP contribution in [0.5, 0.6) is 0 Å². The van der Waals surface area contributed by atoms with Crippen LogP contribution in [0.3, 0.4) is 0 Å². The maximum atomic E-state index is 11.8. The van der Waals surface area contributed by atoms with E-state index in [4.69, 9.17) is 0 Å². The van der Waals surface area contributed by atoms with E-state index < -0.39 is 21.8 Å². The molecular weight excluding hydrogens is 420 g/mol. The van der Waals surface area contributed by atoms with E-state index in [1.807, 2.05) is 25.5 Å². The van der Waals surface area contributed by atoms with Crippen LogP contribution in [-0.2, 0) is 4.79 Å². The van der Waals surface area contributed by atoms with E-state index >= 15 is 0 Å². The molecule has 0 radical (unpaired) electrons. The third-order valence-electron chi connectivity index (χ3n) is 4.74. The summed E-state index contributed by atoms with van der Waals surface area (Å²) < 4.78 is 3.85. The van der Waals surface area contributed by atoms with Crippen molar-refractivity contribution in [2.45, 2.75) is 59.7 Å². The standard InChI is InChI=1S/C10H8N4O5.C10H18N2O/c1-6-9(14(18)19)10(15)12(11-6)7-2-4-8(5-3-7)13(16)17;1-7(2)11-9(5)6-10(13)12(11)8(3)4/h2-5,9H,1H3;6-8H,1-5H3. The highest BCUT2D eigenvalue weighted by Gasteiger charge is 2.43. The number of benzene rings is 1. The van der Waals surface area contributed by atoms with Crippen molar-refractivity contribution in [3.63, 3.8) is 0 Å². The Hall–Kier alpha value is -3.83. The summed E-state index contributed by atoms with van der Waals surface area (Å²) in [5.41, 5.74) is 1.32. The van der Waals surface area contributed by atoms with Crippen LogP contribution in [0.15, 0.2) is 40.2 Å². The number of nitro benzene ring substituents is 1. The van der Waals surface area contributed by atoms with Crippen molar-refractivity contribution in [3.8, 4) is 0 Å². The number of rotatable bonds is 5. The minimum atomic E-state index is -1.49. The third kappa shape index (κ3) is 4.90. The van der Waals surface area contributed by atoms with E-state index in [1.54, 1.807) is 10.7 Å². The molecular formula is C20H26N6O6. The first-order valence-corrected chi connectivity index (χ1v) is 9.94. The molecule has 0 bridgehead atoms. The molecule has 2 heterocycles. The molecule has 0 fully saturated rings. The third-order valence-corrected chi connectivity index (χ3v) is 4.74. The Bertz CT molecular complexity index is 1110. The number of hydrogen-bond donors (Lipinski definition) is 0. The van der Waals surface area contributed by atoms with Gasteiger partial charge in [0, 0.05) is 40.9 Å². The highest BCUT2D eigenvalue weighted by molar-refractivity contribution is 6.16. The summed E-state index contributed by atoms with van der Waals surface area (Å²) in [5, 5.41) is 25.9. The second-order valence-corrected chi connectivity index (χ2v) is 7.85. The van der Waals surface area contributed by atoms with E-state index in [2.05, 4.69) is 18.9 Å². The van der Waals surface area contributed by atoms with Gasteiger partial charge in [-0.2, -0.15) is 10.1 Å². The Morgan fingerprint density at radius 1 is 0.938 bits per heavy atom. The zero-order valence-corrected chi connectivity index (χ0v) is 18.8. The summed E-state index contributed by atoms with van der Waals surface area (Å²) in [7, 11) is 0. The topological polar surface area (TPSA) is 146 Å². The van der Waals surface area contributed by atoms with Crippen LogP contribution in [0.25, 0.3) is 0 Å². The van der Waals surface area contributed by atoms with Gasteiger partial charge in [0.15, 0.2) is 0 Å². The molecule has 3 rings (SSSR count). The van der Waals surface area contributed by atoms with Crippen molar-refractivity contribution in [1.29, 1.82) is 0 Å². The van der Waals surface area contributed by atoms with Gasteiger partial charge >= 0.3 is 11.9 Å². The van der Waals surface area contributed by atoms with Crippen LogP contribution in [0.4, 0.5) is 11.4 Å². The fourth-order valence-electron chi connectivity index (χ4n) is 3.45. The minimum Gasteiger partial charge on any atom is -0.284 e. The van der Waals surface area contributed by atoms with Gasteiger partial charge < -0.3 is 0 Å². The van der Waals surface area contributed by atoms with Gasteiger partial charge in [-0.1, -0.05) is 0 Å². The number of non-ortho nitro benzene ring substituents is 1. The number of hydrazone groups is 1. The number of nitro groups is 2. The maximum Gasteiger partial charge on any atom is 0.331 e. The lowest BCUT2D eigenvalue weighted by Gasteiger charge is -2.19. The number of aromatic nitrogens is 2. The van der Waals surface area contributed by atoms with Crippen LogP contribution in [0.2, 0.25) is 0 Å². The molecule has 1 aliphatic heterocycles. The van der Waals surface area contributed by atoms with Crippen molar-refractivity contribution in [2.75, 3.05) is 5.01 Å². The van der Waals surface area contributed by atoms with Crippen molar-refractivity contribution in [3.05, 3.63) is 66.6 Å². The molecule has 12 heteroatoms. The predicted octanol–water partition coefficient (Wildman–Crippen LogP) is 3.08. The monoisotopic (exact) mass is 446 g/mol. The van der Waals surface area contributed by atoms with Crippen LogP contribution in [0.1, 0.15) is 52.4 Å². The molecule has 1 amide bonds. The van der Waals surface area contributed by atoms with Gasteiger partial charge in [0.25, 0.3) is 11.2 Å². The van der Waals surface area contributed by atoms with E-state index in [-0.39, 0.29) is 28.7 Å². The van der Waals surface area contributed by atoms with E-state index in [9.17, 15) is 29.8 Å². The van der Waals surface area contributed by atoms with Crippen LogP contribution >= 0.6 is 0 Å². The number of carbonyl (C=O) groups excluding carboxylic acids is 1. The minimum absolute atomic E-state index is 0.0772. The number of carbonyl (C=O) groups is 1. The van der Waals surface area contributed by atoms with Gasteiger partial charge in [-0.3, -0.25) is 34.5 Å². The van der Waals surface area contributed by atoms with E-state index in [0.29, 0.717) is 6.04 Å². The van der Waals surface area contributed by atoms with E-state index in [1.165, 1.54) is 31.2 Å². The number of aryl methyl sites for hydroxylation is 1. The van der Waals surface area contributed by atoms with Gasteiger partial charge in [0.1, 0.15) is 5.71 Å². The highest BCUT2D eigenvalue weighted by atomic mass is 16.6. The summed E-state index contributed by atoms with van der Waals surface area (Å²) in [6.45, 7) is 11.6. The van der Waals surface area contributed by atoms with E-state index in [0.717, 1.165) is 10.7 Å². The quantitative estimate of drug-likeness (QED) is 0.509. The number of nitrogens with zero attached hydrogens (tertiary/aromatic N) is 6. The molecule has 172 valence electrons. The lowest BCUT2D eigenvalue weighted by molar-refractivity contribution is -0.488. The second kappa shape index (κ2) is 9.54. The summed E-state index contributed by atoms with van der Waals surface area (Å²) in [5.74, 6) is -0.781. The predicted molar refractivity (Wildman–Crippen MR) is 119 cm³/mol. The molecule has 1 aromatic heterocycles. The normalized spacial score (nSPS) is 15.6. The van der Waals surface area contributed by atoms with Gasteiger partial charge in [0.2, 0.25) is 0 Å². The number of anilines is 1. The Kier molecular flexibility index (Phi) is 7.28. The largest absolute Gasteiger partial charge is 0.331 e. The van der Waals surface area contributed by atoms with Gasteiger partial charge in [-0.25, -0.2) is 4.68 Å². The average molecular weight is 446 g/mol. The Morgan fingerprint density at radius 3 is 1.84 bits per heavy atom.